The Balaban J connectivity index is 2.14. The number of nitrogens with two attached hydrogens (primary N) is 1. The third kappa shape index (κ3) is 2.80. The normalized spacial score (nSPS) is 10.7. The first-order valence-corrected chi connectivity index (χ1v) is 7.92. The van der Waals surface area contributed by atoms with Crippen molar-refractivity contribution in [2.24, 2.45) is 5.73 Å². The lowest BCUT2D eigenvalue weighted by atomic mass is 10.0. The van der Waals surface area contributed by atoms with Crippen molar-refractivity contribution >= 4 is 44.3 Å². The van der Waals surface area contributed by atoms with Crippen LogP contribution in [-0.2, 0) is 0 Å². The Hall–Kier alpha value is -1.85. The van der Waals surface area contributed by atoms with Gasteiger partial charge in [-0.25, -0.2) is 4.98 Å². The van der Waals surface area contributed by atoms with Gasteiger partial charge in [0.1, 0.15) is 10.9 Å². The van der Waals surface area contributed by atoms with E-state index in [1.165, 1.54) is 0 Å². The maximum Gasteiger partial charge on any atom is 0.123 e. The largest absolute Gasteiger partial charge is 0.384 e. The summed E-state index contributed by atoms with van der Waals surface area (Å²) in [6, 6.07) is 15.7. The van der Waals surface area contributed by atoms with Crippen molar-refractivity contribution in [3.63, 3.8) is 0 Å². The molecule has 1 heterocycles. The number of halogens is 1. The van der Waals surface area contributed by atoms with Crippen LogP contribution in [0.3, 0.4) is 0 Å². The molecule has 1 aromatic heterocycles. The Kier molecular flexibility index (Phi) is 3.94. The standard InChI is InChI=1S/C16H12BrN3S/c17-13-6-3-9-20-16(13)21-14-8-7-12(15(18)19)10-4-1-2-5-11(10)14/h1-9H,(H3,18,19). The number of hydrogen-bond acceptors (Lipinski definition) is 3. The van der Waals surface area contributed by atoms with Crippen molar-refractivity contribution in [2.75, 3.05) is 0 Å². The molecule has 0 bridgehead atoms. The third-order valence-corrected chi connectivity index (χ3v) is 5.10. The molecule has 0 aliphatic heterocycles. The second-order valence-corrected chi connectivity index (χ2v) is 6.35. The predicted molar refractivity (Wildman–Crippen MR) is 91.0 cm³/mol. The highest BCUT2D eigenvalue weighted by molar-refractivity contribution is 9.10. The molecular weight excluding hydrogens is 346 g/mol. The number of aromatic nitrogens is 1. The van der Waals surface area contributed by atoms with Crippen molar-refractivity contribution in [2.45, 2.75) is 9.92 Å². The maximum atomic E-state index is 7.69. The van der Waals surface area contributed by atoms with E-state index in [0.29, 0.717) is 0 Å². The van der Waals surface area contributed by atoms with Crippen molar-refractivity contribution < 1.29 is 0 Å². The van der Waals surface area contributed by atoms with E-state index >= 15 is 0 Å². The third-order valence-electron chi connectivity index (χ3n) is 3.11. The summed E-state index contributed by atoms with van der Waals surface area (Å²) in [5.74, 6) is 0.0850. The van der Waals surface area contributed by atoms with Gasteiger partial charge in [0.2, 0.25) is 0 Å². The van der Waals surface area contributed by atoms with Crippen molar-refractivity contribution in [1.29, 1.82) is 5.41 Å². The Morgan fingerprint density at radius 3 is 2.52 bits per heavy atom. The van der Waals surface area contributed by atoms with Gasteiger partial charge in [-0.05, 0) is 51.0 Å². The van der Waals surface area contributed by atoms with E-state index in [2.05, 4.69) is 20.9 Å². The zero-order chi connectivity index (χ0) is 14.8. The highest BCUT2D eigenvalue weighted by Gasteiger charge is 2.10. The van der Waals surface area contributed by atoms with E-state index in [-0.39, 0.29) is 5.84 Å². The van der Waals surface area contributed by atoms with Crippen LogP contribution in [-0.4, -0.2) is 10.8 Å². The summed E-state index contributed by atoms with van der Waals surface area (Å²) in [6.07, 6.45) is 1.78. The summed E-state index contributed by atoms with van der Waals surface area (Å²) in [5.41, 5.74) is 6.42. The van der Waals surface area contributed by atoms with Crippen LogP contribution in [0.5, 0.6) is 0 Å². The lowest BCUT2D eigenvalue weighted by Crippen LogP contribution is -2.11. The molecule has 21 heavy (non-hydrogen) atoms. The van der Waals surface area contributed by atoms with Gasteiger partial charge in [0.05, 0.1) is 4.47 Å². The molecule has 3 N–H and O–H groups in total. The van der Waals surface area contributed by atoms with E-state index in [1.54, 1.807) is 18.0 Å². The summed E-state index contributed by atoms with van der Waals surface area (Å²) in [5, 5.41) is 10.7. The van der Waals surface area contributed by atoms with E-state index in [4.69, 9.17) is 11.1 Å². The molecule has 0 atom stereocenters. The summed E-state index contributed by atoms with van der Waals surface area (Å²) >= 11 is 5.11. The number of hydrogen-bond donors (Lipinski definition) is 2. The van der Waals surface area contributed by atoms with Gasteiger partial charge in [-0.1, -0.05) is 36.0 Å². The molecule has 0 radical (unpaired) electrons. The molecule has 3 rings (SSSR count). The summed E-state index contributed by atoms with van der Waals surface area (Å²) in [7, 11) is 0. The van der Waals surface area contributed by atoms with Crippen molar-refractivity contribution in [3.05, 3.63) is 64.8 Å². The molecule has 0 fully saturated rings. The van der Waals surface area contributed by atoms with Gasteiger partial charge >= 0.3 is 0 Å². The van der Waals surface area contributed by atoms with Gasteiger partial charge in [-0.3, -0.25) is 5.41 Å². The SMILES string of the molecule is N=C(N)c1ccc(Sc2ncccc2Br)c2ccccc12. The molecule has 0 unspecified atom stereocenters. The van der Waals surface area contributed by atoms with E-state index < -0.39 is 0 Å². The number of fused-ring (bicyclic) bond motifs is 1. The molecule has 2 aromatic carbocycles. The van der Waals surface area contributed by atoms with Crippen LogP contribution in [0.25, 0.3) is 10.8 Å². The molecule has 104 valence electrons. The first-order chi connectivity index (χ1) is 10.2. The molecule has 5 heteroatoms. The minimum atomic E-state index is 0.0850. The predicted octanol–water partition coefficient (Wildman–Crippen LogP) is 4.43. The van der Waals surface area contributed by atoms with Crippen molar-refractivity contribution in [3.8, 4) is 0 Å². The average Bonchev–Trinajstić information content (AvgIpc) is 2.49. The molecule has 0 saturated heterocycles. The van der Waals surface area contributed by atoms with Crippen LogP contribution in [0.4, 0.5) is 0 Å². The summed E-state index contributed by atoms with van der Waals surface area (Å²) in [4.78, 5) is 5.48. The van der Waals surface area contributed by atoms with Gasteiger partial charge in [0.15, 0.2) is 0 Å². The zero-order valence-corrected chi connectivity index (χ0v) is 13.4. The zero-order valence-electron chi connectivity index (χ0n) is 11.0. The molecular formula is C16H12BrN3S. The van der Waals surface area contributed by atoms with Gasteiger partial charge < -0.3 is 5.73 Å². The maximum absolute atomic E-state index is 7.69. The van der Waals surface area contributed by atoms with E-state index in [9.17, 15) is 0 Å². The number of amidine groups is 1. The highest BCUT2D eigenvalue weighted by Crippen LogP contribution is 2.36. The summed E-state index contributed by atoms with van der Waals surface area (Å²) < 4.78 is 0.967. The molecule has 0 spiro atoms. The average molecular weight is 358 g/mol. The van der Waals surface area contributed by atoms with E-state index in [1.807, 2.05) is 48.5 Å². The Labute approximate surface area is 135 Å². The fraction of sp³-hybridized carbons (Fsp3) is 0. The van der Waals surface area contributed by atoms with Crippen LogP contribution in [0.1, 0.15) is 5.56 Å². The number of pyridine rings is 1. The molecule has 0 aliphatic carbocycles. The van der Waals surface area contributed by atoms with Gasteiger partial charge in [-0.15, -0.1) is 0 Å². The quantitative estimate of drug-likeness (QED) is 0.538. The summed E-state index contributed by atoms with van der Waals surface area (Å²) in [6.45, 7) is 0. The Morgan fingerprint density at radius 1 is 1.05 bits per heavy atom. The fourth-order valence-electron chi connectivity index (χ4n) is 2.15. The Morgan fingerprint density at radius 2 is 1.81 bits per heavy atom. The Bertz CT molecular complexity index is 833. The second-order valence-electron chi connectivity index (χ2n) is 4.46. The fourth-order valence-corrected chi connectivity index (χ4v) is 3.55. The van der Waals surface area contributed by atoms with Crippen LogP contribution >= 0.6 is 27.7 Å². The number of benzene rings is 2. The van der Waals surface area contributed by atoms with Gasteiger partial charge in [-0.2, -0.15) is 0 Å². The first-order valence-electron chi connectivity index (χ1n) is 6.31. The van der Waals surface area contributed by atoms with Crippen LogP contribution in [0, 0.1) is 5.41 Å². The highest BCUT2D eigenvalue weighted by atomic mass is 79.9. The minimum absolute atomic E-state index is 0.0850. The molecule has 0 amide bonds. The molecule has 3 aromatic rings. The second kappa shape index (κ2) is 5.87. The van der Waals surface area contributed by atoms with Gasteiger partial charge in [0, 0.05) is 16.7 Å². The first kappa shape index (κ1) is 14.1. The molecule has 0 saturated carbocycles. The topological polar surface area (TPSA) is 62.8 Å². The number of nitrogens with zero attached hydrogens (tertiary/aromatic N) is 1. The molecule has 0 aliphatic rings. The lowest BCUT2D eigenvalue weighted by molar-refractivity contribution is 1.11. The van der Waals surface area contributed by atoms with Crippen LogP contribution < -0.4 is 5.73 Å². The van der Waals surface area contributed by atoms with Crippen LogP contribution in [0.15, 0.2) is 69.1 Å². The smallest absolute Gasteiger partial charge is 0.123 e. The van der Waals surface area contributed by atoms with Crippen LogP contribution in [0.2, 0.25) is 0 Å². The molecule has 3 nitrogen and oxygen atoms in total. The number of nitrogens with one attached hydrogen (secondary N) is 1. The van der Waals surface area contributed by atoms with E-state index in [0.717, 1.165) is 30.7 Å². The lowest BCUT2D eigenvalue weighted by Gasteiger charge is -2.10. The minimum Gasteiger partial charge on any atom is -0.384 e. The van der Waals surface area contributed by atoms with Gasteiger partial charge in [0.25, 0.3) is 0 Å². The number of nitrogen functional groups attached to an aromatic ring is 1. The van der Waals surface area contributed by atoms with Crippen molar-refractivity contribution in [1.82, 2.24) is 4.98 Å². The monoisotopic (exact) mass is 357 g/mol. The number of rotatable bonds is 3.